The quantitative estimate of drug-likeness (QED) is 0.676. The van der Waals surface area contributed by atoms with Gasteiger partial charge in [0.25, 0.3) is 0 Å². The fourth-order valence-corrected chi connectivity index (χ4v) is 1.44. The molecule has 0 aliphatic carbocycles. The monoisotopic (exact) mass is 231 g/mol. The van der Waals surface area contributed by atoms with Gasteiger partial charge in [0, 0.05) is 6.08 Å². The van der Waals surface area contributed by atoms with Gasteiger partial charge < -0.3 is 10.4 Å². The Hall–Kier alpha value is -0.970. The lowest BCUT2D eigenvalue weighted by atomic mass is 10.2. The molecule has 0 rings (SSSR count). The molecule has 0 fully saturated rings. The highest BCUT2D eigenvalue weighted by atomic mass is 32.2. The first-order valence-corrected chi connectivity index (χ1v) is 6.04. The third kappa shape index (κ3) is 7.02. The van der Waals surface area contributed by atoms with Crippen LogP contribution in [0.25, 0.3) is 0 Å². The van der Waals surface area contributed by atoms with E-state index in [1.54, 1.807) is 25.6 Å². The molecule has 1 unspecified atom stereocenters. The van der Waals surface area contributed by atoms with Crippen molar-refractivity contribution in [3.05, 3.63) is 11.6 Å². The number of hydrogen-bond donors (Lipinski definition) is 2. The van der Waals surface area contributed by atoms with E-state index in [4.69, 9.17) is 5.11 Å². The molecule has 0 aromatic rings. The van der Waals surface area contributed by atoms with Gasteiger partial charge in [0.15, 0.2) is 0 Å². The van der Waals surface area contributed by atoms with Crippen molar-refractivity contribution in [1.82, 2.24) is 5.32 Å². The number of amides is 1. The molecule has 15 heavy (non-hydrogen) atoms. The summed E-state index contributed by atoms with van der Waals surface area (Å²) in [6.45, 7) is 3.58. The molecule has 2 N–H and O–H groups in total. The molecule has 4 nitrogen and oxygen atoms in total. The molecular formula is C10H17NO3S. The van der Waals surface area contributed by atoms with Crippen molar-refractivity contribution in [3.8, 4) is 0 Å². The molecule has 0 aromatic carbocycles. The van der Waals surface area contributed by atoms with Gasteiger partial charge in [0.2, 0.25) is 5.91 Å². The van der Waals surface area contributed by atoms with E-state index in [0.717, 1.165) is 5.57 Å². The van der Waals surface area contributed by atoms with E-state index in [2.05, 4.69) is 5.32 Å². The minimum atomic E-state index is -0.987. The molecule has 5 heteroatoms. The van der Waals surface area contributed by atoms with E-state index in [1.807, 2.05) is 6.26 Å². The highest BCUT2D eigenvalue weighted by Gasteiger charge is 2.17. The highest BCUT2D eigenvalue weighted by Crippen LogP contribution is 2.01. The number of thioether (sulfide) groups is 1. The second kappa shape index (κ2) is 7.34. The molecule has 0 aliphatic rings. The first kappa shape index (κ1) is 14.0. The van der Waals surface area contributed by atoms with Crippen LogP contribution in [0.3, 0.4) is 0 Å². The average molecular weight is 231 g/mol. The number of carbonyl (C=O) groups excluding carboxylic acids is 1. The number of carbonyl (C=O) groups is 2. The summed E-state index contributed by atoms with van der Waals surface area (Å²) in [7, 11) is 0. The van der Waals surface area contributed by atoms with Crippen molar-refractivity contribution in [1.29, 1.82) is 0 Å². The van der Waals surface area contributed by atoms with Crippen LogP contribution in [0.15, 0.2) is 11.6 Å². The van der Waals surface area contributed by atoms with Crippen LogP contribution >= 0.6 is 11.8 Å². The van der Waals surface area contributed by atoms with Crippen LogP contribution in [0.5, 0.6) is 0 Å². The van der Waals surface area contributed by atoms with Crippen molar-refractivity contribution in [3.63, 3.8) is 0 Å². The lowest BCUT2D eigenvalue weighted by Crippen LogP contribution is -2.40. The second-order valence-corrected chi connectivity index (χ2v) is 4.39. The molecule has 86 valence electrons. The van der Waals surface area contributed by atoms with Crippen molar-refractivity contribution >= 4 is 23.6 Å². The minimum Gasteiger partial charge on any atom is -0.480 e. The van der Waals surface area contributed by atoms with E-state index in [9.17, 15) is 9.59 Å². The SMILES string of the molecule is CSCCC(NC(=O)C=C(C)C)C(=O)O. The molecule has 1 amide bonds. The topological polar surface area (TPSA) is 66.4 Å². The van der Waals surface area contributed by atoms with Gasteiger partial charge in [-0.25, -0.2) is 4.79 Å². The van der Waals surface area contributed by atoms with Crippen LogP contribution in [-0.4, -0.2) is 35.0 Å². The number of carboxylic acid groups (broad SMARTS) is 1. The van der Waals surface area contributed by atoms with Crippen LogP contribution in [0.2, 0.25) is 0 Å². The Morgan fingerprint density at radius 1 is 1.47 bits per heavy atom. The van der Waals surface area contributed by atoms with Gasteiger partial charge in [0.05, 0.1) is 0 Å². The van der Waals surface area contributed by atoms with Gasteiger partial charge in [-0.05, 0) is 32.3 Å². The molecule has 0 saturated carbocycles. The second-order valence-electron chi connectivity index (χ2n) is 3.40. The number of hydrogen-bond acceptors (Lipinski definition) is 3. The summed E-state index contributed by atoms with van der Waals surface area (Å²) < 4.78 is 0. The van der Waals surface area contributed by atoms with Gasteiger partial charge in [-0.3, -0.25) is 4.79 Å². The molecule has 0 aromatic heterocycles. The number of carboxylic acids is 1. The predicted octanol–water partition coefficient (Wildman–Crippen LogP) is 1.28. The van der Waals surface area contributed by atoms with Crippen molar-refractivity contribution < 1.29 is 14.7 Å². The average Bonchev–Trinajstić information content (AvgIpc) is 2.10. The standard InChI is InChI=1S/C10H17NO3S/c1-7(2)6-9(12)11-8(10(13)14)4-5-15-3/h6,8H,4-5H2,1-3H3,(H,11,12)(H,13,14). The lowest BCUT2D eigenvalue weighted by Gasteiger charge is -2.12. The molecular weight excluding hydrogens is 214 g/mol. The van der Waals surface area contributed by atoms with Crippen molar-refractivity contribution in [2.75, 3.05) is 12.0 Å². The van der Waals surface area contributed by atoms with E-state index in [1.165, 1.54) is 6.08 Å². The van der Waals surface area contributed by atoms with Gasteiger partial charge in [-0.1, -0.05) is 5.57 Å². The third-order valence-corrected chi connectivity index (χ3v) is 2.29. The van der Waals surface area contributed by atoms with E-state index >= 15 is 0 Å². The lowest BCUT2D eigenvalue weighted by molar-refractivity contribution is -0.141. The van der Waals surface area contributed by atoms with E-state index in [0.29, 0.717) is 12.2 Å². The van der Waals surface area contributed by atoms with Crippen LogP contribution in [0.1, 0.15) is 20.3 Å². The van der Waals surface area contributed by atoms with Crippen LogP contribution in [-0.2, 0) is 9.59 Å². The Labute approximate surface area is 94.1 Å². The molecule has 0 bridgehead atoms. The van der Waals surface area contributed by atoms with Crippen LogP contribution < -0.4 is 5.32 Å². The first-order valence-electron chi connectivity index (χ1n) is 4.64. The van der Waals surface area contributed by atoms with Crippen molar-refractivity contribution in [2.45, 2.75) is 26.3 Å². The molecule has 0 heterocycles. The normalized spacial score (nSPS) is 11.7. The maximum Gasteiger partial charge on any atom is 0.326 e. The van der Waals surface area contributed by atoms with Crippen molar-refractivity contribution in [2.24, 2.45) is 0 Å². The third-order valence-electron chi connectivity index (χ3n) is 1.65. The van der Waals surface area contributed by atoms with Gasteiger partial charge in [-0.2, -0.15) is 11.8 Å². The number of rotatable bonds is 6. The first-order chi connectivity index (χ1) is 6.97. The maximum absolute atomic E-state index is 11.3. The molecule has 0 radical (unpaired) electrons. The summed E-state index contributed by atoms with van der Waals surface area (Å²) in [5.74, 6) is -0.616. The Balaban J connectivity index is 4.22. The van der Waals surface area contributed by atoms with Gasteiger partial charge in [-0.15, -0.1) is 0 Å². The Kier molecular flexibility index (Phi) is 6.86. The molecule has 0 aliphatic heterocycles. The number of aliphatic carboxylic acids is 1. The summed E-state index contributed by atoms with van der Waals surface area (Å²) in [6, 6.07) is -0.791. The zero-order chi connectivity index (χ0) is 11.8. The molecule has 0 spiro atoms. The highest BCUT2D eigenvalue weighted by molar-refractivity contribution is 7.98. The zero-order valence-electron chi connectivity index (χ0n) is 9.24. The van der Waals surface area contributed by atoms with E-state index in [-0.39, 0.29) is 5.91 Å². The Morgan fingerprint density at radius 2 is 2.07 bits per heavy atom. The minimum absolute atomic E-state index is 0.344. The van der Waals surface area contributed by atoms with Gasteiger partial charge in [0.1, 0.15) is 6.04 Å². The summed E-state index contributed by atoms with van der Waals surface area (Å²) in [6.07, 6.45) is 3.74. The predicted molar refractivity (Wildman–Crippen MR) is 62.0 cm³/mol. The summed E-state index contributed by atoms with van der Waals surface area (Å²) in [4.78, 5) is 22.1. The molecule has 1 atom stereocenters. The largest absolute Gasteiger partial charge is 0.480 e. The Morgan fingerprint density at radius 3 is 2.47 bits per heavy atom. The van der Waals surface area contributed by atoms with Crippen LogP contribution in [0.4, 0.5) is 0 Å². The van der Waals surface area contributed by atoms with Gasteiger partial charge >= 0.3 is 5.97 Å². The summed E-state index contributed by atoms with van der Waals surface area (Å²) >= 11 is 1.56. The fourth-order valence-electron chi connectivity index (χ4n) is 0.969. The number of nitrogens with one attached hydrogen (secondary N) is 1. The van der Waals surface area contributed by atoms with E-state index < -0.39 is 12.0 Å². The number of allylic oxidation sites excluding steroid dienone is 1. The summed E-state index contributed by atoms with van der Waals surface area (Å²) in [5, 5.41) is 11.3. The van der Waals surface area contributed by atoms with Crippen LogP contribution in [0, 0.1) is 0 Å². The maximum atomic E-state index is 11.3. The molecule has 0 saturated heterocycles. The Bertz CT molecular complexity index is 259. The smallest absolute Gasteiger partial charge is 0.326 e. The fraction of sp³-hybridized carbons (Fsp3) is 0.600. The summed E-state index contributed by atoms with van der Waals surface area (Å²) in [5.41, 5.74) is 0.849. The zero-order valence-corrected chi connectivity index (χ0v) is 10.1.